The Morgan fingerprint density at radius 1 is 1.26 bits per heavy atom. The Hall–Kier alpha value is -2.02. The average molecular weight is 419 g/mol. The van der Waals surface area contributed by atoms with E-state index in [-0.39, 0.29) is 5.91 Å². The number of benzene rings is 2. The first-order chi connectivity index (χ1) is 13.1. The van der Waals surface area contributed by atoms with Crippen LogP contribution in [-0.4, -0.2) is 23.8 Å². The van der Waals surface area contributed by atoms with Gasteiger partial charge in [-0.15, -0.1) is 23.1 Å². The van der Waals surface area contributed by atoms with Crippen LogP contribution >= 0.6 is 34.7 Å². The summed E-state index contributed by atoms with van der Waals surface area (Å²) in [5.41, 5.74) is 3.04. The Balaban J connectivity index is 1.43. The van der Waals surface area contributed by atoms with Gasteiger partial charge in [-0.05, 0) is 42.0 Å². The summed E-state index contributed by atoms with van der Waals surface area (Å²) in [6.07, 6.45) is 0. The van der Waals surface area contributed by atoms with Crippen molar-refractivity contribution in [3.05, 3.63) is 70.2 Å². The molecule has 0 saturated heterocycles. The molecule has 0 fully saturated rings. The molecule has 0 unspecified atom stereocenters. The number of aromatic nitrogens is 1. The van der Waals surface area contributed by atoms with Crippen molar-refractivity contribution in [3.63, 3.8) is 0 Å². The molecule has 140 valence electrons. The summed E-state index contributed by atoms with van der Waals surface area (Å²) in [4.78, 5) is 16.6. The van der Waals surface area contributed by atoms with Gasteiger partial charge in [0.25, 0.3) is 0 Å². The molecule has 0 aliphatic rings. The van der Waals surface area contributed by atoms with Gasteiger partial charge in [0.2, 0.25) is 5.91 Å². The summed E-state index contributed by atoms with van der Waals surface area (Å²) in [6.45, 7) is 0.484. The van der Waals surface area contributed by atoms with Gasteiger partial charge in [-0.3, -0.25) is 4.79 Å². The standard InChI is InChI=1S/C20H19ClN2O2S2/c1-25-18-7-5-15(6-8-18)20-23-17(12-27-20)11-26-13-19(24)22-10-14-3-2-4-16(21)9-14/h2-9,12H,10-11,13H2,1H3,(H,22,24). The van der Waals surface area contributed by atoms with Crippen molar-refractivity contribution in [2.75, 3.05) is 12.9 Å². The van der Waals surface area contributed by atoms with E-state index in [2.05, 4.69) is 10.3 Å². The summed E-state index contributed by atoms with van der Waals surface area (Å²) in [5.74, 6) is 1.94. The largest absolute Gasteiger partial charge is 0.497 e. The fourth-order valence-corrected chi connectivity index (χ4v) is 4.28. The van der Waals surface area contributed by atoms with Gasteiger partial charge < -0.3 is 10.1 Å². The van der Waals surface area contributed by atoms with Gasteiger partial charge >= 0.3 is 0 Å². The monoisotopic (exact) mass is 418 g/mol. The molecule has 0 radical (unpaired) electrons. The Labute approximate surface area is 171 Å². The minimum atomic E-state index is 0.00517. The normalized spacial score (nSPS) is 10.6. The summed E-state index contributed by atoms with van der Waals surface area (Å²) in [6, 6.07) is 15.3. The predicted molar refractivity (Wildman–Crippen MR) is 114 cm³/mol. The van der Waals surface area contributed by atoms with E-state index in [1.165, 1.54) is 0 Å². The molecule has 4 nitrogen and oxygen atoms in total. The molecule has 3 aromatic rings. The first-order valence-corrected chi connectivity index (χ1v) is 10.7. The zero-order chi connectivity index (χ0) is 19.1. The summed E-state index contributed by atoms with van der Waals surface area (Å²) in [7, 11) is 1.65. The zero-order valence-electron chi connectivity index (χ0n) is 14.8. The second-order valence-corrected chi connectivity index (χ2v) is 8.05. The van der Waals surface area contributed by atoms with E-state index in [1.54, 1.807) is 30.2 Å². The number of carbonyl (C=O) groups is 1. The van der Waals surface area contributed by atoms with Crippen LogP contribution in [0.5, 0.6) is 5.75 Å². The zero-order valence-corrected chi connectivity index (χ0v) is 17.2. The van der Waals surface area contributed by atoms with Crippen LogP contribution in [0.4, 0.5) is 0 Å². The van der Waals surface area contributed by atoms with Gasteiger partial charge in [-0.1, -0.05) is 23.7 Å². The maximum Gasteiger partial charge on any atom is 0.230 e. The van der Waals surface area contributed by atoms with Gasteiger partial charge in [0.1, 0.15) is 10.8 Å². The van der Waals surface area contributed by atoms with E-state index < -0.39 is 0 Å². The summed E-state index contributed by atoms with van der Waals surface area (Å²) >= 11 is 9.10. The third-order valence-corrected chi connectivity index (χ3v) is 5.89. The van der Waals surface area contributed by atoms with Gasteiger partial charge in [-0.25, -0.2) is 4.98 Å². The van der Waals surface area contributed by atoms with E-state index in [4.69, 9.17) is 16.3 Å². The van der Waals surface area contributed by atoms with Crippen molar-refractivity contribution < 1.29 is 9.53 Å². The van der Waals surface area contributed by atoms with Crippen molar-refractivity contribution >= 4 is 40.6 Å². The minimum absolute atomic E-state index is 0.00517. The smallest absolute Gasteiger partial charge is 0.230 e. The number of rotatable bonds is 8. The third-order valence-electron chi connectivity index (χ3n) is 3.75. The van der Waals surface area contributed by atoms with Crippen molar-refractivity contribution in [3.8, 4) is 16.3 Å². The lowest BCUT2D eigenvalue weighted by atomic mass is 10.2. The number of hydrogen-bond donors (Lipinski definition) is 1. The lowest BCUT2D eigenvalue weighted by Gasteiger charge is -2.05. The average Bonchev–Trinajstić information content (AvgIpc) is 3.15. The molecule has 0 aliphatic heterocycles. The number of hydrogen-bond acceptors (Lipinski definition) is 5. The van der Waals surface area contributed by atoms with Crippen LogP contribution in [-0.2, 0) is 17.1 Å². The van der Waals surface area contributed by atoms with Crippen LogP contribution < -0.4 is 10.1 Å². The number of thiazole rings is 1. The lowest BCUT2D eigenvalue weighted by Crippen LogP contribution is -2.24. The van der Waals surface area contributed by atoms with Crippen molar-refractivity contribution in [1.29, 1.82) is 0 Å². The van der Waals surface area contributed by atoms with Crippen LogP contribution in [0.1, 0.15) is 11.3 Å². The molecule has 0 atom stereocenters. The van der Waals surface area contributed by atoms with Gasteiger partial charge in [0.15, 0.2) is 0 Å². The lowest BCUT2D eigenvalue weighted by molar-refractivity contribution is -0.118. The van der Waals surface area contributed by atoms with Crippen molar-refractivity contribution in [2.24, 2.45) is 0 Å². The maximum absolute atomic E-state index is 12.0. The topological polar surface area (TPSA) is 51.2 Å². The van der Waals surface area contributed by atoms with Crippen molar-refractivity contribution in [1.82, 2.24) is 10.3 Å². The number of amides is 1. The molecule has 1 N–H and O–H groups in total. The van der Waals surface area contributed by atoms with Crippen LogP contribution in [0.3, 0.4) is 0 Å². The van der Waals surface area contributed by atoms with Crippen LogP contribution in [0.2, 0.25) is 5.02 Å². The first-order valence-electron chi connectivity index (χ1n) is 8.32. The van der Waals surface area contributed by atoms with Crippen LogP contribution in [0.25, 0.3) is 10.6 Å². The number of thioether (sulfide) groups is 1. The quantitative estimate of drug-likeness (QED) is 0.558. The van der Waals surface area contributed by atoms with Gasteiger partial charge in [-0.2, -0.15) is 0 Å². The Kier molecular flexibility index (Phi) is 7.15. The Morgan fingerprint density at radius 3 is 2.81 bits per heavy atom. The number of nitrogens with one attached hydrogen (secondary N) is 1. The van der Waals surface area contributed by atoms with Gasteiger partial charge in [0.05, 0.1) is 18.6 Å². The molecule has 1 aromatic heterocycles. The minimum Gasteiger partial charge on any atom is -0.497 e. The third kappa shape index (κ3) is 5.99. The highest BCUT2D eigenvalue weighted by atomic mass is 35.5. The fourth-order valence-electron chi connectivity index (χ4n) is 2.39. The second kappa shape index (κ2) is 9.78. The number of methoxy groups -OCH3 is 1. The molecular weight excluding hydrogens is 400 g/mol. The summed E-state index contributed by atoms with van der Waals surface area (Å²) < 4.78 is 5.17. The van der Waals surface area contributed by atoms with E-state index in [0.717, 1.165) is 27.6 Å². The fraction of sp³-hybridized carbons (Fsp3) is 0.200. The molecular formula is C20H19ClN2O2S2. The molecule has 0 spiro atoms. The number of carbonyl (C=O) groups excluding carboxylic acids is 1. The first kappa shape index (κ1) is 19.7. The SMILES string of the molecule is COc1ccc(-c2nc(CSCC(=O)NCc3cccc(Cl)c3)cs2)cc1. The van der Waals surface area contributed by atoms with E-state index in [0.29, 0.717) is 23.1 Å². The molecule has 3 rings (SSSR count). The molecule has 2 aromatic carbocycles. The number of halogens is 1. The Bertz CT molecular complexity index is 897. The molecule has 1 amide bonds. The second-order valence-electron chi connectivity index (χ2n) is 5.77. The molecule has 0 bridgehead atoms. The van der Waals surface area contributed by atoms with E-state index in [9.17, 15) is 4.79 Å². The van der Waals surface area contributed by atoms with Crippen LogP contribution in [0, 0.1) is 0 Å². The molecule has 0 saturated carbocycles. The van der Waals surface area contributed by atoms with Crippen molar-refractivity contribution in [2.45, 2.75) is 12.3 Å². The highest BCUT2D eigenvalue weighted by Crippen LogP contribution is 2.27. The van der Waals surface area contributed by atoms with E-state index >= 15 is 0 Å². The van der Waals surface area contributed by atoms with E-state index in [1.807, 2.05) is 53.9 Å². The molecule has 1 heterocycles. The van der Waals surface area contributed by atoms with Crippen LogP contribution in [0.15, 0.2) is 53.9 Å². The molecule has 7 heteroatoms. The summed E-state index contributed by atoms with van der Waals surface area (Å²) in [5, 5.41) is 6.59. The predicted octanol–water partition coefficient (Wildman–Crippen LogP) is 5.02. The molecule has 27 heavy (non-hydrogen) atoms. The highest BCUT2D eigenvalue weighted by Gasteiger charge is 2.07. The number of nitrogens with zero attached hydrogens (tertiary/aromatic N) is 1. The maximum atomic E-state index is 12.0. The van der Waals surface area contributed by atoms with Gasteiger partial charge in [0, 0.05) is 28.3 Å². The Morgan fingerprint density at radius 2 is 2.07 bits per heavy atom. The highest BCUT2D eigenvalue weighted by molar-refractivity contribution is 7.99. The number of ether oxygens (including phenoxy) is 1. The molecule has 0 aliphatic carbocycles.